The Labute approximate surface area is 187 Å². The van der Waals surface area contributed by atoms with Gasteiger partial charge in [-0.2, -0.15) is 0 Å². The molecule has 0 aliphatic carbocycles. The van der Waals surface area contributed by atoms with Gasteiger partial charge in [0.05, 0.1) is 19.6 Å². The van der Waals surface area contributed by atoms with Crippen LogP contribution in [0.25, 0.3) is 0 Å². The van der Waals surface area contributed by atoms with Crippen LogP contribution in [-0.2, 0) is 19.2 Å². The fourth-order valence-electron chi connectivity index (χ4n) is 3.50. The van der Waals surface area contributed by atoms with Gasteiger partial charge < -0.3 is 20.4 Å². The standard InChI is InChI=1S/C18H32N4O8.ClH/c1-2-14(18(29)30)22-9-7-20(12-16(25)26)5-3-19(11-15(23)24)4-6-21(8-10-22)13-17(27)28;/h14H,2-13H2,1H3,(H,23,24)(H,25,26)(H,27,28)(H,29,30);1H. The molecule has 0 saturated carbocycles. The predicted molar refractivity (Wildman–Crippen MR) is 113 cm³/mol. The van der Waals surface area contributed by atoms with Crippen molar-refractivity contribution in [3.8, 4) is 0 Å². The quantitative estimate of drug-likeness (QED) is 0.318. The number of carbonyl (C=O) groups is 4. The second-order valence-corrected chi connectivity index (χ2v) is 7.31. The Morgan fingerprint density at radius 2 is 0.935 bits per heavy atom. The van der Waals surface area contributed by atoms with Crippen molar-refractivity contribution in [2.45, 2.75) is 19.4 Å². The highest BCUT2D eigenvalue weighted by Crippen LogP contribution is 2.08. The van der Waals surface area contributed by atoms with Gasteiger partial charge in [-0.05, 0) is 6.42 Å². The Morgan fingerprint density at radius 3 is 1.16 bits per heavy atom. The first-order valence-corrected chi connectivity index (χ1v) is 9.91. The van der Waals surface area contributed by atoms with Crippen molar-refractivity contribution in [3.63, 3.8) is 0 Å². The molecule has 1 rings (SSSR count). The third-order valence-corrected chi connectivity index (χ3v) is 5.06. The van der Waals surface area contributed by atoms with E-state index in [1.54, 1.807) is 26.5 Å². The molecule has 12 nitrogen and oxygen atoms in total. The van der Waals surface area contributed by atoms with Crippen molar-refractivity contribution in [1.82, 2.24) is 19.6 Å². The van der Waals surface area contributed by atoms with Crippen LogP contribution in [0.3, 0.4) is 0 Å². The molecule has 0 aromatic heterocycles. The van der Waals surface area contributed by atoms with E-state index < -0.39 is 29.9 Å². The Morgan fingerprint density at radius 1 is 0.645 bits per heavy atom. The first-order chi connectivity index (χ1) is 14.1. The van der Waals surface area contributed by atoms with E-state index in [2.05, 4.69) is 0 Å². The van der Waals surface area contributed by atoms with Crippen LogP contribution >= 0.6 is 12.4 Å². The number of rotatable bonds is 9. The first-order valence-electron chi connectivity index (χ1n) is 9.91. The molecule has 0 aromatic rings. The predicted octanol–water partition coefficient (Wildman–Crippen LogP) is -1.25. The molecule has 4 N–H and O–H groups in total. The summed E-state index contributed by atoms with van der Waals surface area (Å²) in [4.78, 5) is 51.9. The number of carboxylic acids is 4. The molecular weight excluding hydrogens is 436 g/mol. The molecular formula is C18H33ClN4O8. The summed E-state index contributed by atoms with van der Waals surface area (Å²) in [5.74, 6) is -4.03. The molecule has 1 aliphatic rings. The lowest BCUT2D eigenvalue weighted by molar-refractivity contribution is -0.144. The Kier molecular flexibility index (Phi) is 14.0. The van der Waals surface area contributed by atoms with E-state index in [1.165, 1.54) is 0 Å². The van der Waals surface area contributed by atoms with Gasteiger partial charge in [-0.15, -0.1) is 12.4 Å². The van der Waals surface area contributed by atoms with E-state index in [0.29, 0.717) is 58.8 Å². The van der Waals surface area contributed by atoms with Crippen LogP contribution in [0.4, 0.5) is 0 Å². The van der Waals surface area contributed by atoms with Crippen LogP contribution in [0.2, 0.25) is 0 Å². The Hall–Kier alpha value is -1.99. The summed E-state index contributed by atoms with van der Waals surface area (Å²) in [6, 6.07) is -0.755. The number of halogens is 1. The first kappa shape index (κ1) is 29.0. The lowest BCUT2D eigenvalue weighted by atomic mass is 10.2. The van der Waals surface area contributed by atoms with E-state index in [4.69, 9.17) is 5.11 Å². The minimum atomic E-state index is -1.02. The molecule has 1 unspecified atom stereocenters. The maximum absolute atomic E-state index is 11.6. The zero-order chi connectivity index (χ0) is 22.7. The van der Waals surface area contributed by atoms with Crippen molar-refractivity contribution in [3.05, 3.63) is 0 Å². The van der Waals surface area contributed by atoms with Crippen LogP contribution < -0.4 is 0 Å². The van der Waals surface area contributed by atoms with Crippen LogP contribution in [0, 0.1) is 0 Å². The van der Waals surface area contributed by atoms with E-state index >= 15 is 0 Å². The van der Waals surface area contributed by atoms with Crippen molar-refractivity contribution >= 4 is 36.3 Å². The molecule has 1 saturated heterocycles. The van der Waals surface area contributed by atoms with E-state index in [0.717, 1.165) is 0 Å². The summed E-state index contributed by atoms with van der Waals surface area (Å²) < 4.78 is 0. The van der Waals surface area contributed by atoms with Gasteiger partial charge in [0, 0.05) is 52.4 Å². The SMILES string of the molecule is CCC(C(=O)O)N1CCN(CC(=O)O)CCN(CC(=O)O)CCN(CC(=O)O)CC1.Cl. The van der Waals surface area contributed by atoms with Gasteiger partial charge >= 0.3 is 23.9 Å². The van der Waals surface area contributed by atoms with Crippen molar-refractivity contribution in [2.24, 2.45) is 0 Å². The molecule has 13 heteroatoms. The maximum atomic E-state index is 11.6. The number of hydrogen-bond acceptors (Lipinski definition) is 8. The molecule has 1 fully saturated rings. The Balaban J connectivity index is 0.00000900. The number of hydrogen-bond donors (Lipinski definition) is 4. The van der Waals surface area contributed by atoms with Crippen molar-refractivity contribution in [2.75, 3.05) is 72.0 Å². The van der Waals surface area contributed by atoms with Crippen LogP contribution in [0.1, 0.15) is 13.3 Å². The highest BCUT2D eigenvalue weighted by Gasteiger charge is 2.26. The van der Waals surface area contributed by atoms with E-state index in [-0.39, 0.29) is 32.0 Å². The molecule has 180 valence electrons. The van der Waals surface area contributed by atoms with Gasteiger partial charge in [-0.3, -0.25) is 38.8 Å². The monoisotopic (exact) mass is 468 g/mol. The number of nitrogens with zero attached hydrogens (tertiary/aromatic N) is 4. The molecule has 0 amide bonds. The van der Waals surface area contributed by atoms with Crippen LogP contribution in [0.15, 0.2) is 0 Å². The van der Waals surface area contributed by atoms with Gasteiger partial charge in [0.2, 0.25) is 0 Å². The molecule has 1 aliphatic heterocycles. The molecule has 0 aromatic carbocycles. The lowest BCUT2D eigenvalue weighted by Crippen LogP contribution is -2.51. The molecule has 1 atom stereocenters. The minimum absolute atomic E-state index is 0. The number of carboxylic acid groups (broad SMARTS) is 4. The fourth-order valence-corrected chi connectivity index (χ4v) is 3.50. The van der Waals surface area contributed by atoms with Gasteiger partial charge in [0.25, 0.3) is 0 Å². The topological polar surface area (TPSA) is 162 Å². The van der Waals surface area contributed by atoms with Crippen molar-refractivity contribution < 1.29 is 39.6 Å². The van der Waals surface area contributed by atoms with Crippen molar-refractivity contribution in [1.29, 1.82) is 0 Å². The Bertz CT molecular complexity index is 577. The largest absolute Gasteiger partial charge is 0.480 e. The fraction of sp³-hybridized carbons (Fsp3) is 0.778. The highest BCUT2D eigenvalue weighted by atomic mass is 35.5. The molecule has 0 spiro atoms. The molecule has 0 bridgehead atoms. The maximum Gasteiger partial charge on any atom is 0.320 e. The van der Waals surface area contributed by atoms with Gasteiger partial charge in [-0.25, -0.2) is 0 Å². The summed E-state index contributed by atoms with van der Waals surface area (Å²) in [7, 11) is 0. The average molecular weight is 469 g/mol. The van der Waals surface area contributed by atoms with E-state index in [1.807, 2.05) is 0 Å². The van der Waals surface area contributed by atoms with Crippen LogP contribution in [0.5, 0.6) is 0 Å². The second-order valence-electron chi connectivity index (χ2n) is 7.31. The minimum Gasteiger partial charge on any atom is -0.480 e. The summed E-state index contributed by atoms with van der Waals surface area (Å²) in [5.41, 5.74) is 0. The molecule has 0 radical (unpaired) electrons. The summed E-state index contributed by atoms with van der Waals surface area (Å²) in [6.45, 7) is 3.47. The summed E-state index contributed by atoms with van der Waals surface area (Å²) in [5, 5.41) is 37.0. The van der Waals surface area contributed by atoms with Crippen LogP contribution in [-0.4, -0.2) is 142 Å². The summed E-state index contributed by atoms with van der Waals surface area (Å²) in [6.07, 6.45) is 0.361. The lowest BCUT2D eigenvalue weighted by Gasteiger charge is -2.35. The zero-order valence-corrected chi connectivity index (χ0v) is 18.5. The zero-order valence-electron chi connectivity index (χ0n) is 17.7. The third kappa shape index (κ3) is 11.8. The third-order valence-electron chi connectivity index (χ3n) is 5.06. The second kappa shape index (κ2) is 14.9. The smallest absolute Gasteiger partial charge is 0.320 e. The number of aliphatic carboxylic acids is 4. The van der Waals surface area contributed by atoms with Gasteiger partial charge in [0.15, 0.2) is 0 Å². The van der Waals surface area contributed by atoms with Gasteiger partial charge in [-0.1, -0.05) is 6.92 Å². The average Bonchev–Trinajstić information content (AvgIpc) is 2.62. The van der Waals surface area contributed by atoms with E-state index in [9.17, 15) is 34.5 Å². The highest BCUT2D eigenvalue weighted by molar-refractivity contribution is 5.85. The normalized spacial score (nSPS) is 19.4. The molecule has 1 heterocycles. The van der Waals surface area contributed by atoms with Gasteiger partial charge in [0.1, 0.15) is 6.04 Å². The summed E-state index contributed by atoms with van der Waals surface area (Å²) >= 11 is 0. The molecule has 31 heavy (non-hydrogen) atoms.